The number of morpholine rings is 1. The van der Waals surface area contributed by atoms with E-state index in [1.165, 1.54) is 5.56 Å². The molecule has 1 saturated heterocycles. The average Bonchev–Trinajstić information content (AvgIpc) is 2.59. The fourth-order valence-electron chi connectivity index (χ4n) is 3.46. The first-order chi connectivity index (χ1) is 12.4. The van der Waals surface area contributed by atoms with Gasteiger partial charge in [-0.05, 0) is 24.4 Å². The van der Waals surface area contributed by atoms with Gasteiger partial charge in [0.2, 0.25) is 5.91 Å². The number of hydrogen-bond donors (Lipinski definition) is 1. The van der Waals surface area contributed by atoms with Gasteiger partial charge in [0.25, 0.3) is 0 Å². The second-order valence-electron chi connectivity index (χ2n) is 7.39. The Bertz CT molecular complexity index is 591. The summed E-state index contributed by atoms with van der Waals surface area (Å²) in [7, 11) is 1.75. The highest BCUT2D eigenvalue weighted by molar-refractivity contribution is 5.77. The minimum atomic E-state index is -0.862. The van der Waals surface area contributed by atoms with Gasteiger partial charge in [0.15, 0.2) is 0 Å². The smallest absolute Gasteiger partial charge is 0.317 e. The van der Waals surface area contributed by atoms with Crippen LogP contribution in [0.4, 0.5) is 0 Å². The van der Waals surface area contributed by atoms with Crippen molar-refractivity contribution < 1.29 is 19.4 Å². The molecule has 0 spiro atoms. The van der Waals surface area contributed by atoms with Crippen LogP contribution in [-0.2, 0) is 14.3 Å². The summed E-state index contributed by atoms with van der Waals surface area (Å²) in [6.45, 7) is 6.37. The Labute approximate surface area is 155 Å². The molecule has 1 fully saturated rings. The number of nitrogens with zero attached hydrogens (tertiary/aromatic N) is 2. The molecule has 0 bridgehead atoms. The van der Waals surface area contributed by atoms with E-state index in [2.05, 4.69) is 26.0 Å². The Kier molecular flexibility index (Phi) is 7.60. The number of aliphatic carboxylic acids is 1. The van der Waals surface area contributed by atoms with Crippen molar-refractivity contribution in [3.05, 3.63) is 35.9 Å². The van der Waals surface area contributed by atoms with Crippen molar-refractivity contribution >= 4 is 11.9 Å². The molecule has 144 valence electrons. The van der Waals surface area contributed by atoms with E-state index in [9.17, 15) is 9.59 Å². The lowest BCUT2D eigenvalue weighted by molar-refractivity contribution is -0.142. The average molecular weight is 362 g/mol. The highest BCUT2D eigenvalue weighted by Gasteiger charge is 2.28. The van der Waals surface area contributed by atoms with E-state index < -0.39 is 5.97 Å². The van der Waals surface area contributed by atoms with Gasteiger partial charge in [-0.25, -0.2) is 0 Å². The molecule has 2 unspecified atom stereocenters. The Morgan fingerprint density at radius 2 is 2.00 bits per heavy atom. The molecule has 26 heavy (non-hydrogen) atoms. The standard InChI is InChI=1S/C20H30N2O4/c1-15(2)18(16-7-5-4-6-8-16)11-19(23)22-9-10-26-17(13-22)12-21(3)14-20(24)25/h4-8,15,17-18H,9-14H2,1-3H3,(H,24,25). The third-order valence-electron chi connectivity index (χ3n) is 4.84. The highest BCUT2D eigenvalue weighted by atomic mass is 16.5. The second-order valence-corrected chi connectivity index (χ2v) is 7.39. The molecule has 0 saturated carbocycles. The molecule has 1 aliphatic rings. The van der Waals surface area contributed by atoms with E-state index in [0.717, 1.165) is 0 Å². The van der Waals surface area contributed by atoms with Crippen molar-refractivity contribution in [1.29, 1.82) is 0 Å². The summed E-state index contributed by atoms with van der Waals surface area (Å²) in [4.78, 5) is 27.2. The fourth-order valence-corrected chi connectivity index (χ4v) is 3.46. The third-order valence-corrected chi connectivity index (χ3v) is 4.84. The van der Waals surface area contributed by atoms with Gasteiger partial charge in [0, 0.05) is 26.1 Å². The third kappa shape index (κ3) is 6.11. The zero-order valence-electron chi connectivity index (χ0n) is 15.9. The Hall–Kier alpha value is -1.92. The number of hydrogen-bond acceptors (Lipinski definition) is 4. The topological polar surface area (TPSA) is 70.1 Å². The Morgan fingerprint density at radius 1 is 1.31 bits per heavy atom. The zero-order valence-corrected chi connectivity index (χ0v) is 15.9. The molecule has 1 amide bonds. The normalized spacial score (nSPS) is 19.0. The number of benzene rings is 1. The van der Waals surface area contributed by atoms with Gasteiger partial charge >= 0.3 is 5.97 Å². The number of ether oxygens (including phenoxy) is 1. The maximum absolute atomic E-state index is 12.9. The number of carbonyl (C=O) groups is 2. The van der Waals surface area contributed by atoms with Crippen LogP contribution in [0.15, 0.2) is 30.3 Å². The van der Waals surface area contributed by atoms with E-state index >= 15 is 0 Å². The van der Waals surface area contributed by atoms with E-state index in [1.807, 2.05) is 23.1 Å². The number of amides is 1. The van der Waals surface area contributed by atoms with Gasteiger partial charge in [-0.1, -0.05) is 44.2 Å². The summed E-state index contributed by atoms with van der Waals surface area (Å²) >= 11 is 0. The fraction of sp³-hybridized carbons (Fsp3) is 0.600. The predicted molar refractivity (Wildman–Crippen MR) is 100 cm³/mol. The molecule has 0 aliphatic carbocycles. The van der Waals surface area contributed by atoms with Gasteiger partial charge in [0.05, 0.1) is 19.3 Å². The molecule has 2 atom stereocenters. The van der Waals surface area contributed by atoms with E-state index in [1.54, 1.807) is 11.9 Å². The van der Waals surface area contributed by atoms with Crippen LogP contribution in [-0.4, -0.2) is 72.7 Å². The summed E-state index contributed by atoms with van der Waals surface area (Å²) < 4.78 is 5.72. The van der Waals surface area contributed by atoms with Crippen molar-refractivity contribution in [2.24, 2.45) is 5.92 Å². The van der Waals surface area contributed by atoms with Gasteiger partial charge in [-0.3, -0.25) is 14.5 Å². The highest BCUT2D eigenvalue weighted by Crippen LogP contribution is 2.28. The van der Waals surface area contributed by atoms with Crippen LogP contribution >= 0.6 is 0 Å². The molecule has 6 heteroatoms. The van der Waals surface area contributed by atoms with E-state index in [0.29, 0.717) is 38.6 Å². The van der Waals surface area contributed by atoms with Gasteiger partial charge < -0.3 is 14.7 Å². The van der Waals surface area contributed by atoms with E-state index in [4.69, 9.17) is 9.84 Å². The van der Waals surface area contributed by atoms with Crippen molar-refractivity contribution in [2.45, 2.75) is 32.3 Å². The van der Waals surface area contributed by atoms with Crippen LogP contribution in [0.1, 0.15) is 31.7 Å². The van der Waals surface area contributed by atoms with Crippen molar-refractivity contribution in [3.63, 3.8) is 0 Å². The minimum absolute atomic E-state index is 0.0305. The second kappa shape index (κ2) is 9.69. The molecule has 1 aliphatic heterocycles. The summed E-state index contributed by atoms with van der Waals surface area (Å²) in [6, 6.07) is 10.2. The SMILES string of the molecule is CC(C)C(CC(=O)N1CCOC(CN(C)CC(=O)O)C1)c1ccccc1. The molecule has 0 aromatic heterocycles. The monoisotopic (exact) mass is 362 g/mol. The number of carboxylic acids is 1. The maximum atomic E-state index is 12.9. The van der Waals surface area contributed by atoms with Crippen LogP contribution in [0.2, 0.25) is 0 Å². The minimum Gasteiger partial charge on any atom is -0.480 e. The molecular formula is C20H30N2O4. The van der Waals surface area contributed by atoms with Crippen molar-refractivity contribution in [1.82, 2.24) is 9.80 Å². The first-order valence-electron chi connectivity index (χ1n) is 9.21. The maximum Gasteiger partial charge on any atom is 0.317 e. The van der Waals surface area contributed by atoms with Crippen LogP contribution < -0.4 is 0 Å². The predicted octanol–water partition coefficient (Wildman–Crippen LogP) is 2.06. The number of rotatable bonds is 8. The number of carboxylic acid groups (broad SMARTS) is 1. The summed E-state index contributed by atoms with van der Waals surface area (Å²) in [6.07, 6.45) is 0.339. The lowest BCUT2D eigenvalue weighted by Gasteiger charge is -2.35. The van der Waals surface area contributed by atoms with Crippen molar-refractivity contribution in [2.75, 3.05) is 39.8 Å². The number of carbonyl (C=O) groups excluding carboxylic acids is 1. The lowest BCUT2D eigenvalue weighted by atomic mass is 9.85. The molecule has 0 radical (unpaired) electrons. The summed E-state index contributed by atoms with van der Waals surface area (Å²) in [5, 5.41) is 8.87. The summed E-state index contributed by atoms with van der Waals surface area (Å²) in [5.41, 5.74) is 1.20. The van der Waals surface area contributed by atoms with Crippen LogP contribution in [0, 0.1) is 5.92 Å². The van der Waals surface area contributed by atoms with Crippen molar-refractivity contribution in [3.8, 4) is 0 Å². The molecule has 1 heterocycles. The number of likely N-dealkylation sites (N-methyl/N-ethyl adjacent to an activating group) is 1. The van der Waals surface area contributed by atoms with Gasteiger partial charge in [-0.15, -0.1) is 0 Å². The van der Waals surface area contributed by atoms with E-state index in [-0.39, 0.29) is 24.5 Å². The Balaban J connectivity index is 1.94. The zero-order chi connectivity index (χ0) is 19.1. The van der Waals surface area contributed by atoms with Gasteiger partial charge in [-0.2, -0.15) is 0 Å². The summed E-state index contributed by atoms with van der Waals surface area (Å²) in [5.74, 6) is -0.153. The first kappa shape index (κ1) is 20.4. The van der Waals surface area contributed by atoms with Crippen LogP contribution in [0.3, 0.4) is 0 Å². The quantitative estimate of drug-likeness (QED) is 0.767. The first-order valence-corrected chi connectivity index (χ1v) is 9.21. The molecule has 1 aromatic rings. The molecular weight excluding hydrogens is 332 g/mol. The molecule has 6 nitrogen and oxygen atoms in total. The van der Waals surface area contributed by atoms with Gasteiger partial charge in [0.1, 0.15) is 0 Å². The van der Waals surface area contributed by atoms with Crippen LogP contribution in [0.25, 0.3) is 0 Å². The lowest BCUT2D eigenvalue weighted by Crippen LogP contribution is -2.49. The largest absolute Gasteiger partial charge is 0.480 e. The Morgan fingerprint density at radius 3 is 2.62 bits per heavy atom. The molecule has 2 rings (SSSR count). The molecule has 1 aromatic carbocycles. The van der Waals surface area contributed by atoms with Crippen LogP contribution in [0.5, 0.6) is 0 Å². The molecule has 1 N–H and O–H groups in total.